The minimum absolute atomic E-state index is 0.548. The number of hydrogen-bond acceptors (Lipinski definition) is 3. The van der Waals surface area contributed by atoms with Crippen molar-refractivity contribution in [1.29, 1.82) is 0 Å². The van der Waals surface area contributed by atoms with Gasteiger partial charge in [-0.15, -0.1) is 0 Å². The molecule has 0 fully saturated rings. The van der Waals surface area contributed by atoms with Crippen molar-refractivity contribution in [2.24, 2.45) is 5.90 Å². The van der Waals surface area contributed by atoms with Gasteiger partial charge in [0, 0.05) is 11.9 Å². The van der Waals surface area contributed by atoms with E-state index >= 15 is 0 Å². The van der Waals surface area contributed by atoms with Crippen LogP contribution in [0.2, 0.25) is 0 Å². The van der Waals surface area contributed by atoms with Crippen molar-refractivity contribution in [3.63, 3.8) is 0 Å². The Labute approximate surface area is 66.2 Å². The molecule has 0 aliphatic carbocycles. The minimum atomic E-state index is 0.548. The molecule has 1 heterocycles. The van der Waals surface area contributed by atoms with Crippen LogP contribution in [0.15, 0.2) is 18.3 Å². The molecular weight excluding hydrogens is 140 g/mol. The first kappa shape index (κ1) is 8.17. The lowest BCUT2D eigenvalue weighted by molar-refractivity contribution is 0.141. The highest BCUT2D eigenvalue weighted by Gasteiger charge is 1.96. The van der Waals surface area contributed by atoms with Crippen LogP contribution in [0.1, 0.15) is 11.3 Å². The van der Waals surface area contributed by atoms with Crippen LogP contribution in [0.3, 0.4) is 0 Å². The average Bonchev–Trinajstić information content (AvgIpc) is 2.03. The fourth-order valence-electron chi connectivity index (χ4n) is 0.951. The van der Waals surface area contributed by atoms with Crippen LogP contribution in [0.5, 0.6) is 0 Å². The summed E-state index contributed by atoms with van der Waals surface area (Å²) in [5.74, 6) is 4.91. The summed E-state index contributed by atoms with van der Waals surface area (Å²) in [7, 11) is 0. The first-order chi connectivity index (χ1) is 5.34. The molecule has 0 saturated carbocycles. The Morgan fingerprint density at radius 3 is 3.09 bits per heavy atom. The van der Waals surface area contributed by atoms with Gasteiger partial charge < -0.3 is 4.84 Å². The topological polar surface area (TPSA) is 48.1 Å². The molecule has 1 aromatic rings. The number of aromatic nitrogens is 1. The van der Waals surface area contributed by atoms with Gasteiger partial charge in [-0.3, -0.25) is 4.98 Å². The van der Waals surface area contributed by atoms with E-state index in [1.54, 1.807) is 6.20 Å². The molecule has 0 saturated heterocycles. The quantitative estimate of drug-likeness (QED) is 0.652. The van der Waals surface area contributed by atoms with Gasteiger partial charge >= 0.3 is 0 Å². The van der Waals surface area contributed by atoms with Gasteiger partial charge in [-0.05, 0) is 25.0 Å². The molecule has 60 valence electrons. The molecule has 0 spiro atoms. The number of pyridine rings is 1. The van der Waals surface area contributed by atoms with Crippen LogP contribution in [0.4, 0.5) is 0 Å². The van der Waals surface area contributed by atoms with Crippen molar-refractivity contribution in [2.45, 2.75) is 13.3 Å². The lowest BCUT2D eigenvalue weighted by Crippen LogP contribution is -2.05. The lowest BCUT2D eigenvalue weighted by Gasteiger charge is -2.01. The number of rotatable bonds is 3. The van der Waals surface area contributed by atoms with E-state index in [0.717, 1.165) is 12.1 Å². The smallest absolute Gasteiger partial charge is 0.0720 e. The molecule has 0 aliphatic heterocycles. The van der Waals surface area contributed by atoms with Gasteiger partial charge in [-0.2, -0.15) is 0 Å². The van der Waals surface area contributed by atoms with Crippen LogP contribution in [0.25, 0.3) is 0 Å². The predicted molar refractivity (Wildman–Crippen MR) is 42.8 cm³/mol. The SMILES string of the molecule is Cc1ncccc1CCON. The Morgan fingerprint density at radius 2 is 2.45 bits per heavy atom. The zero-order chi connectivity index (χ0) is 8.10. The molecule has 2 N–H and O–H groups in total. The number of nitrogens with zero attached hydrogens (tertiary/aromatic N) is 1. The summed E-state index contributed by atoms with van der Waals surface area (Å²) in [6, 6.07) is 3.94. The van der Waals surface area contributed by atoms with Crippen LogP contribution < -0.4 is 5.90 Å². The Kier molecular flexibility index (Phi) is 3.01. The molecule has 0 bridgehead atoms. The molecular formula is C8H12N2O. The van der Waals surface area contributed by atoms with Crippen molar-refractivity contribution in [2.75, 3.05) is 6.61 Å². The normalized spacial score (nSPS) is 10.0. The Balaban J connectivity index is 2.62. The third-order valence-electron chi connectivity index (χ3n) is 1.61. The average molecular weight is 152 g/mol. The third-order valence-corrected chi connectivity index (χ3v) is 1.61. The van der Waals surface area contributed by atoms with E-state index in [-0.39, 0.29) is 0 Å². The first-order valence-corrected chi connectivity index (χ1v) is 3.57. The second-order valence-electron chi connectivity index (χ2n) is 2.37. The van der Waals surface area contributed by atoms with Gasteiger partial charge in [0.15, 0.2) is 0 Å². The summed E-state index contributed by atoms with van der Waals surface area (Å²) in [5.41, 5.74) is 2.24. The maximum atomic E-state index is 4.91. The fraction of sp³-hybridized carbons (Fsp3) is 0.375. The molecule has 1 rings (SSSR count). The van der Waals surface area contributed by atoms with Crippen molar-refractivity contribution in [1.82, 2.24) is 4.98 Å². The standard InChI is InChI=1S/C8H12N2O/c1-7-8(4-6-11-9)3-2-5-10-7/h2-3,5H,4,6,9H2,1H3. The molecule has 0 aliphatic rings. The second kappa shape index (κ2) is 4.05. The van der Waals surface area contributed by atoms with Gasteiger partial charge in [-0.25, -0.2) is 5.90 Å². The van der Waals surface area contributed by atoms with Crippen LogP contribution >= 0.6 is 0 Å². The minimum Gasteiger partial charge on any atom is -0.304 e. The Hall–Kier alpha value is -0.930. The first-order valence-electron chi connectivity index (χ1n) is 3.57. The van der Waals surface area contributed by atoms with Gasteiger partial charge in [0.05, 0.1) is 6.61 Å². The molecule has 1 aromatic heterocycles. The maximum Gasteiger partial charge on any atom is 0.0720 e. The van der Waals surface area contributed by atoms with E-state index < -0.39 is 0 Å². The third kappa shape index (κ3) is 2.29. The van der Waals surface area contributed by atoms with Crippen LogP contribution in [-0.4, -0.2) is 11.6 Å². The van der Waals surface area contributed by atoms with E-state index in [4.69, 9.17) is 5.90 Å². The second-order valence-corrected chi connectivity index (χ2v) is 2.37. The largest absolute Gasteiger partial charge is 0.304 e. The monoisotopic (exact) mass is 152 g/mol. The highest BCUT2D eigenvalue weighted by atomic mass is 16.6. The highest BCUT2D eigenvalue weighted by molar-refractivity contribution is 5.18. The molecule has 0 radical (unpaired) electrons. The summed E-state index contributed by atoms with van der Waals surface area (Å²) in [5, 5.41) is 0. The van der Waals surface area contributed by atoms with E-state index in [1.807, 2.05) is 19.1 Å². The van der Waals surface area contributed by atoms with Gasteiger partial charge in [0.2, 0.25) is 0 Å². The van der Waals surface area contributed by atoms with Crippen LogP contribution in [0, 0.1) is 6.92 Å². The number of aryl methyl sites for hydroxylation is 1. The lowest BCUT2D eigenvalue weighted by atomic mass is 10.1. The van der Waals surface area contributed by atoms with Gasteiger partial charge in [0.1, 0.15) is 0 Å². The summed E-state index contributed by atoms with van der Waals surface area (Å²) in [4.78, 5) is 8.61. The molecule has 0 atom stereocenters. The summed E-state index contributed by atoms with van der Waals surface area (Å²) < 4.78 is 0. The number of nitrogens with two attached hydrogens (primary N) is 1. The number of hydrogen-bond donors (Lipinski definition) is 1. The van der Waals surface area contributed by atoms with Gasteiger partial charge in [-0.1, -0.05) is 6.07 Å². The molecule has 0 unspecified atom stereocenters. The predicted octanol–water partition coefficient (Wildman–Crippen LogP) is 0.823. The molecule has 0 aromatic carbocycles. The van der Waals surface area contributed by atoms with E-state index in [0.29, 0.717) is 6.61 Å². The van der Waals surface area contributed by atoms with Crippen LogP contribution in [-0.2, 0) is 11.3 Å². The zero-order valence-corrected chi connectivity index (χ0v) is 6.58. The van der Waals surface area contributed by atoms with Gasteiger partial charge in [0.25, 0.3) is 0 Å². The van der Waals surface area contributed by atoms with Crippen molar-refractivity contribution in [3.8, 4) is 0 Å². The van der Waals surface area contributed by atoms with Crippen molar-refractivity contribution >= 4 is 0 Å². The summed E-state index contributed by atoms with van der Waals surface area (Å²) in [6.45, 7) is 2.53. The van der Waals surface area contributed by atoms with Crippen molar-refractivity contribution in [3.05, 3.63) is 29.6 Å². The fourth-order valence-corrected chi connectivity index (χ4v) is 0.951. The van der Waals surface area contributed by atoms with E-state index in [1.165, 1.54) is 5.56 Å². The van der Waals surface area contributed by atoms with Crippen molar-refractivity contribution < 1.29 is 4.84 Å². The Morgan fingerprint density at radius 1 is 1.64 bits per heavy atom. The Bertz CT molecular complexity index is 225. The maximum absolute atomic E-state index is 4.91. The zero-order valence-electron chi connectivity index (χ0n) is 6.58. The molecule has 0 amide bonds. The highest BCUT2D eigenvalue weighted by Crippen LogP contribution is 2.03. The van der Waals surface area contributed by atoms with E-state index in [9.17, 15) is 0 Å². The molecule has 11 heavy (non-hydrogen) atoms. The molecule has 3 nitrogen and oxygen atoms in total. The summed E-state index contributed by atoms with van der Waals surface area (Å²) in [6.07, 6.45) is 2.61. The summed E-state index contributed by atoms with van der Waals surface area (Å²) >= 11 is 0. The molecule has 3 heteroatoms. The van der Waals surface area contributed by atoms with E-state index in [2.05, 4.69) is 9.82 Å².